The Morgan fingerprint density at radius 3 is 1.75 bits per heavy atom. The van der Waals surface area contributed by atoms with Crippen LogP contribution in [0.1, 0.15) is 32.1 Å². The standard InChI is InChI=1S/C6H12S.ClH/c7-6-4-2-1-3-5-6;/h6-7H,1-5H2;1H. The first-order valence-corrected chi connectivity index (χ1v) is 3.59. The molecule has 0 saturated heterocycles. The largest absolute Gasteiger partial charge is 0.176 e. The van der Waals surface area contributed by atoms with Gasteiger partial charge in [0.25, 0.3) is 0 Å². The summed E-state index contributed by atoms with van der Waals surface area (Å²) in [5, 5.41) is 0.730. The van der Waals surface area contributed by atoms with Crippen LogP contribution in [0.4, 0.5) is 0 Å². The van der Waals surface area contributed by atoms with Gasteiger partial charge >= 0.3 is 0 Å². The summed E-state index contributed by atoms with van der Waals surface area (Å²) in [6.45, 7) is 0. The Bertz CT molecular complexity index is 50.5. The molecule has 8 heavy (non-hydrogen) atoms. The van der Waals surface area contributed by atoms with Gasteiger partial charge in [0.05, 0.1) is 0 Å². The second-order valence-corrected chi connectivity index (χ2v) is 3.02. The summed E-state index contributed by atoms with van der Waals surface area (Å²) in [4.78, 5) is 0. The first-order valence-electron chi connectivity index (χ1n) is 3.07. The van der Waals surface area contributed by atoms with E-state index in [0.29, 0.717) is 0 Å². The molecule has 1 rings (SSSR count). The summed E-state index contributed by atoms with van der Waals surface area (Å²) in [5.41, 5.74) is 0. The molecule has 0 aliphatic heterocycles. The third-order valence-corrected chi connectivity index (χ3v) is 2.09. The lowest BCUT2D eigenvalue weighted by atomic mass is 10.0. The smallest absolute Gasteiger partial charge is 0.00168 e. The van der Waals surface area contributed by atoms with Gasteiger partial charge in [-0.05, 0) is 12.8 Å². The molecule has 0 atom stereocenters. The zero-order chi connectivity index (χ0) is 5.11. The van der Waals surface area contributed by atoms with E-state index in [-0.39, 0.29) is 12.4 Å². The van der Waals surface area contributed by atoms with Gasteiger partial charge < -0.3 is 0 Å². The van der Waals surface area contributed by atoms with Crippen LogP contribution in [0.2, 0.25) is 0 Å². The molecule has 0 aromatic heterocycles. The van der Waals surface area contributed by atoms with Gasteiger partial charge in [-0.3, -0.25) is 0 Å². The van der Waals surface area contributed by atoms with Gasteiger partial charge in [-0.2, -0.15) is 12.6 Å². The summed E-state index contributed by atoms with van der Waals surface area (Å²) in [6, 6.07) is 0. The first kappa shape index (κ1) is 8.64. The minimum absolute atomic E-state index is 0. The zero-order valence-corrected chi connectivity index (χ0v) is 6.68. The van der Waals surface area contributed by atoms with E-state index < -0.39 is 0 Å². The predicted octanol–water partition coefficient (Wildman–Crippen LogP) is 2.67. The summed E-state index contributed by atoms with van der Waals surface area (Å²) in [7, 11) is 0. The molecule has 1 aliphatic rings. The average Bonchev–Trinajstić information content (AvgIpc) is 1.69. The van der Waals surface area contributed by atoms with E-state index in [4.69, 9.17) is 0 Å². The highest BCUT2D eigenvalue weighted by Crippen LogP contribution is 2.20. The van der Waals surface area contributed by atoms with Crippen LogP contribution < -0.4 is 0 Å². The van der Waals surface area contributed by atoms with Gasteiger partial charge in [0.15, 0.2) is 0 Å². The lowest BCUT2D eigenvalue weighted by Gasteiger charge is -2.14. The quantitative estimate of drug-likeness (QED) is 0.507. The number of hydrogen-bond acceptors (Lipinski definition) is 1. The number of halogens is 1. The third kappa shape index (κ3) is 2.83. The molecule has 1 saturated carbocycles. The van der Waals surface area contributed by atoms with Crippen molar-refractivity contribution >= 4 is 25.0 Å². The Morgan fingerprint density at radius 1 is 1.00 bits per heavy atom. The summed E-state index contributed by atoms with van der Waals surface area (Å²) in [6.07, 6.45) is 6.96. The lowest BCUT2D eigenvalue weighted by molar-refractivity contribution is 0.518. The van der Waals surface area contributed by atoms with E-state index in [1.807, 2.05) is 0 Å². The minimum atomic E-state index is 0. The Hall–Kier alpha value is 0.640. The molecular formula is C6H13ClS. The normalized spacial score (nSPS) is 22.1. The van der Waals surface area contributed by atoms with Crippen molar-refractivity contribution in [2.45, 2.75) is 37.4 Å². The fourth-order valence-electron chi connectivity index (χ4n) is 1.08. The van der Waals surface area contributed by atoms with Crippen LogP contribution in [0.5, 0.6) is 0 Å². The molecule has 0 N–H and O–H groups in total. The molecule has 0 radical (unpaired) electrons. The maximum absolute atomic E-state index is 4.36. The molecule has 1 fully saturated rings. The minimum Gasteiger partial charge on any atom is -0.176 e. The maximum Gasteiger partial charge on any atom is 0.00168 e. The molecule has 0 spiro atoms. The summed E-state index contributed by atoms with van der Waals surface area (Å²) < 4.78 is 0. The van der Waals surface area contributed by atoms with Crippen molar-refractivity contribution in [1.82, 2.24) is 0 Å². The SMILES string of the molecule is Cl.SC1CCCCC1. The van der Waals surface area contributed by atoms with Crippen LogP contribution in [0.3, 0.4) is 0 Å². The Morgan fingerprint density at radius 2 is 1.50 bits per heavy atom. The maximum atomic E-state index is 4.36. The van der Waals surface area contributed by atoms with Crippen molar-refractivity contribution in [2.75, 3.05) is 0 Å². The molecule has 2 heteroatoms. The molecule has 0 aromatic carbocycles. The molecule has 0 bridgehead atoms. The lowest BCUT2D eigenvalue weighted by Crippen LogP contribution is -2.03. The van der Waals surface area contributed by atoms with Crippen molar-refractivity contribution in [1.29, 1.82) is 0 Å². The van der Waals surface area contributed by atoms with Crippen LogP contribution in [0, 0.1) is 0 Å². The highest BCUT2D eigenvalue weighted by Gasteiger charge is 2.06. The molecular weight excluding hydrogens is 140 g/mol. The molecule has 0 heterocycles. The third-order valence-electron chi connectivity index (χ3n) is 1.57. The van der Waals surface area contributed by atoms with Crippen molar-refractivity contribution < 1.29 is 0 Å². The van der Waals surface area contributed by atoms with Crippen molar-refractivity contribution in [3.63, 3.8) is 0 Å². The average molecular weight is 153 g/mol. The van der Waals surface area contributed by atoms with E-state index in [0.717, 1.165) is 5.25 Å². The van der Waals surface area contributed by atoms with Crippen LogP contribution in [0.25, 0.3) is 0 Å². The highest BCUT2D eigenvalue weighted by molar-refractivity contribution is 7.80. The highest BCUT2D eigenvalue weighted by atomic mass is 35.5. The van der Waals surface area contributed by atoms with Gasteiger partial charge in [0, 0.05) is 5.25 Å². The Labute approximate surface area is 62.9 Å². The molecule has 0 amide bonds. The van der Waals surface area contributed by atoms with Gasteiger partial charge in [-0.15, -0.1) is 12.4 Å². The van der Waals surface area contributed by atoms with Crippen LogP contribution >= 0.6 is 25.0 Å². The van der Waals surface area contributed by atoms with Crippen LogP contribution in [-0.4, -0.2) is 5.25 Å². The number of hydrogen-bond donors (Lipinski definition) is 1. The molecule has 1 aliphatic carbocycles. The van der Waals surface area contributed by atoms with E-state index in [9.17, 15) is 0 Å². The fourth-order valence-corrected chi connectivity index (χ4v) is 1.45. The van der Waals surface area contributed by atoms with E-state index in [1.165, 1.54) is 32.1 Å². The van der Waals surface area contributed by atoms with E-state index in [1.54, 1.807) is 0 Å². The van der Waals surface area contributed by atoms with E-state index >= 15 is 0 Å². The van der Waals surface area contributed by atoms with E-state index in [2.05, 4.69) is 12.6 Å². The van der Waals surface area contributed by atoms with Crippen LogP contribution in [-0.2, 0) is 0 Å². The second-order valence-electron chi connectivity index (χ2n) is 2.29. The second kappa shape index (κ2) is 4.51. The van der Waals surface area contributed by atoms with Crippen molar-refractivity contribution in [3.8, 4) is 0 Å². The Balaban J connectivity index is 0.000000490. The molecule has 0 nitrogen and oxygen atoms in total. The predicted molar refractivity (Wildman–Crippen MR) is 43.1 cm³/mol. The van der Waals surface area contributed by atoms with Gasteiger partial charge in [0.2, 0.25) is 0 Å². The molecule has 50 valence electrons. The fraction of sp³-hybridized carbons (Fsp3) is 1.00. The van der Waals surface area contributed by atoms with Gasteiger partial charge in [0.1, 0.15) is 0 Å². The van der Waals surface area contributed by atoms with Crippen LogP contribution in [0.15, 0.2) is 0 Å². The van der Waals surface area contributed by atoms with Crippen molar-refractivity contribution in [2.24, 2.45) is 0 Å². The zero-order valence-electron chi connectivity index (χ0n) is 4.97. The monoisotopic (exact) mass is 152 g/mol. The van der Waals surface area contributed by atoms with Crippen molar-refractivity contribution in [3.05, 3.63) is 0 Å². The number of thiol groups is 1. The van der Waals surface area contributed by atoms with Gasteiger partial charge in [-0.25, -0.2) is 0 Å². The summed E-state index contributed by atoms with van der Waals surface area (Å²) in [5.74, 6) is 0. The Kier molecular flexibility index (Phi) is 4.87. The van der Waals surface area contributed by atoms with Gasteiger partial charge in [-0.1, -0.05) is 19.3 Å². The molecule has 0 unspecified atom stereocenters. The topological polar surface area (TPSA) is 0 Å². The summed E-state index contributed by atoms with van der Waals surface area (Å²) >= 11 is 4.36. The molecule has 0 aromatic rings. The first-order chi connectivity index (χ1) is 3.39. The number of rotatable bonds is 0.